The fourth-order valence-corrected chi connectivity index (χ4v) is 3.73. The van der Waals surface area contributed by atoms with E-state index in [2.05, 4.69) is 4.98 Å². The van der Waals surface area contributed by atoms with Crippen LogP contribution in [0.2, 0.25) is 0 Å². The van der Waals surface area contributed by atoms with E-state index in [1.54, 1.807) is 36.4 Å². The minimum Gasteiger partial charge on any atom is -0.479 e. The summed E-state index contributed by atoms with van der Waals surface area (Å²) in [5.41, 5.74) is 1.67. The van der Waals surface area contributed by atoms with Gasteiger partial charge in [-0.3, -0.25) is 9.09 Å². The van der Waals surface area contributed by atoms with E-state index in [0.717, 1.165) is 10.9 Å². The second-order valence-electron chi connectivity index (χ2n) is 5.41. The fraction of sp³-hybridized carbons (Fsp3) is 0.118. The normalized spacial score (nSPS) is 15.0. The molecule has 124 valence electrons. The highest BCUT2D eigenvalue weighted by atomic mass is 31.2. The van der Waals surface area contributed by atoms with Crippen molar-refractivity contribution >= 4 is 24.5 Å². The molecule has 0 bridgehead atoms. The Balaban J connectivity index is 1.81. The maximum atomic E-state index is 12.4. The third-order valence-corrected chi connectivity index (χ3v) is 4.83. The second-order valence-corrected chi connectivity index (χ2v) is 7.21. The summed E-state index contributed by atoms with van der Waals surface area (Å²) in [4.78, 5) is 24.6. The maximum Gasteiger partial charge on any atom is 0.338 e. The van der Waals surface area contributed by atoms with Crippen LogP contribution in [0.4, 0.5) is 0 Å². The zero-order valence-electron chi connectivity index (χ0n) is 12.6. The number of nitrogens with one attached hydrogen (secondary N) is 1. The molecule has 0 aliphatic carbocycles. The number of aliphatic carboxylic acids is 1. The highest BCUT2D eigenvalue weighted by Gasteiger charge is 2.31. The molecule has 0 spiro atoms. The van der Waals surface area contributed by atoms with E-state index in [1.807, 2.05) is 24.3 Å². The molecule has 2 unspecified atom stereocenters. The number of H-pyrrole nitrogens is 1. The van der Waals surface area contributed by atoms with Gasteiger partial charge >= 0.3 is 13.6 Å². The molecule has 0 fully saturated rings. The Morgan fingerprint density at radius 2 is 1.79 bits per heavy atom. The van der Waals surface area contributed by atoms with Gasteiger partial charge in [-0.1, -0.05) is 48.5 Å². The van der Waals surface area contributed by atoms with E-state index in [9.17, 15) is 19.4 Å². The molecule has 0 radical (unpaired) electrons. The molecule has 2 atom stereocenters. The number of para-hydroxylation sites is 1. The summed E-state index contributed by atoms with van der Waals surface area (Å²) in [5, 5.41) is 10.2. The van der Waals surface area contributed by atoms with Crippen LogP contribution in [0.25, 0.3) is 10.9 Å². The van der Waals surface area contributed by atoms with Gasteiger partial charge < -0.3 is 15.0 Å². The van der Waals surface area contributed by atoms with Crippen LogP contribution in [0.3, 0.4) is 0 Å². The second kappa shape index (κ2) is 6.61. The van der Waals surface area contributed by atoms with Gasteiger partial charge in [-0.15, -0.1) is 0 Å². The number of hydrogen-bond acceptors (Lipinski definition) is 3. The summed E-state index contributed by atoms with van der Waals surface area (Å²) >= 11 is 0. The minimum absolute atomic E-state index is 0.293. The Bertz CT molecular complexity index is 872. The highest BCUT2D eigenvalue weighted by Crippen LogP contribution is 2.50. The molecular formula is C17H16NO5P. The lowest BCUT2D eigenvalue weighted by atomic mass is 10.1. The number of carboxylic acid groups (broad SMARTS) is 1. The first-order valence-corrected chi connectivity index (χ1v) is 9.05. The lowest BCUT2D eigenvalue weighted by molar-refractivity contribution is -0.145. The first-order valence-electron chi connectivity index (χ1n) is 7.29. The summed E-state index contributed by atoms with van der Waals surface area (Å²) in [6, 6.07) is 17.3. The van der Waals surface area contributed by atoms with E-state index in [0.29, 0.717) is 11.3 Å². The van der Waals surface area contributed by atoms with Crippen molar-refractivity contribution < 1.29 is 23.9 Å². The van der Waals surface area contributed by atoms with Crippen molar-refractivity contribution in [2.24, 2.45) is 0 Å². The minimum atomic E-state index is -4.16. The zero-order valence-corrected chi connectivity index (χ0v) is 13.5. The number of benzene rings is 2. The van der Waals surface area contributed by atoms with Crippen LogP contribution in [0.15, 0.2) is 60.7 Å². The van der Waals surface area contributed by atoms with Crippen LogP contribution in [-0.4, -0.2) is 21.0 Å². The number of rotatable bonds is 6. The SMILES string of the molecule is O=C(O)C(OP(=O)(O)Cc1cc2ccccc2[nH]1)c1ccccc1. The van der Waals surface area contributed by atoms with Gasteiger partial charge in [0.2, 0.25) is 0 Å². The summed E-state index contributed by atoms with van der Waals surface area (Å²) in [7, 11) is -4.16. The first-order chi connectivity index (χ1) is 11.4. The molecule has 0 saturated heterocycles. The van der Waals surface area contributed by atoms with Crippen molar-refractivity contribution in [3.8, 4) is 0 Å². The molecular weight excluding hydrogens is 329 g/mol. The average molecular weight is 345 g/mol. The summed E-state index contributed by atoms with van der Waals surface area (Å²) in [6.07, 6.45) is -1.79. The van der Waals surface area contributed by atoms with Crippen molar-refractivity contribution in [2.45, 2.75) is 12.3 Å². The van der Waals surface area contributed by atoms with Crippen LogP contribution in [0, 0.1) is 0 Å². The molecule has 0 amide bonds. The predicted octanol–water partition coefficient (Wildman–Crippen LogP) is 3.70. The Hall–Kier alpha value is -2.40. The summed E-state index contributed by atoms with van der Waals surface area (Å²) in [5.74, 6) is -1.31. The lowest BCUT2D eigenvalue weighted by Crippen LogP contribution is -2.14. The Morgan fingerprint density at radius 3 is 2.46 bits per heavy atom. The molecule has 3 rings (SSSR count). The molecule has 0 aliphatic rings. The summed E-state index contributed by atoms with van der Waals surface area (Å²) < 4.78 is 17.5. The number of aromatic nitrogens is 1. The van der Waals surface area contributed by atoms with Gasteiger partial charge in [-0.2, -0.15) is 0 Å². The standard InChI is InChI=1S/C17H16NO5P/c19-17(20)16(12-6-2-1-3-7-12)23-24(21,22)11-14-10-13-8-4-5-9-15(13)18-14/h1-10,16,18H,11H2,(H,19,20)(H,21,22). The van der Waals surface area contributed by atoms with Crippen LogP contribution in [0.1, 0.15) is 17.4 Å². The summed E-state index contributed by atoms with van der Waals surface area (Å²) in [6.45, 7) is 0. The van der Waals surface area contributed by atoms with Crippen molar-refractivity contribution in [1.82, 2.24) is 4.98 Å². The predicted molar refractivity (Wildman–Crippen MR) is 89.7 cm³/mol. The number of carbonyl (C=O) groups is 1. The van der Waals surface area contributed by atoms with E-state index in [1.165, 1.54) is 0 Å². The molecule has 0 aliphatic heterocycles. The first kappa shape index (κ1) is 16.5. The van der Waals surface area contributed by atoms with E-state index >= 15 is 0 Å². The third-order valence-electron chi connectivity index (χ3n) is 3.55. The zero-order chi connectivity index (χ0) is 17.2. The molecule has 6 nitrogen and oxygen atoms in total. The largest absolute Gasteiger partial charge is 0.479 e. The maximum absolute atomic E-state index is 12.4. The van der Waals surface area contributed by atoms with Gasteiger partial charge in [0.1, 0.15) is 0 Å². The molecule has 7 heteroatoms. The molecule has 2 aromatic carbocycles. The van der Waals surface area contributed by atoms with Gasteiger partial charge in [0.05, 0.1) is 6.16 Å². The third kappa shape index (κ3) is 3.74. The van der Waals surface area contributed by atoms with Gasteiger partial charge in [0.25, 0.3) is 0 Å². The number of hydrogen-bond donors (Lipinski definition) is 3. The molecule has 1 heterocycles. The number of carboxylic acids is 1. The quantitative estimate of drug-likeness (QED) is 0.592. The van der Waals surface area contributed by atoms with E-state index in [4.69, 9.17) is 4.52 Å². The van der Waals surface area contributed by atoms with Gasteiger partial charge in [0.15, 0.2) is 6.10 Å². The van der Waals surface area contributed by atoms with Gasteiger partial charge in [-0.25, -0.2) is 4.79 Å². The Morgan fingerprint density at radius 1 is 1.12 bits per heavy atom. The van der Waals surface area contributed by atoms with Crippen molar-refractivity contribution in [3.05, 3.63) is 71.9 Å². The van der Waals surface area contributed by atoms with Crippen molar-refractivity contribution in [2.75, 3.05) is 0 Å². The smallest absolute Gasteiger partial charge is 0.338 e. The molecule has 24 heavy (non-hydrogen) atoms. The van der Waals surface area contributed by atoms with Gasteiger partial charge in [0, 0.05) is 11.2 Å². The van der Waals surface area contributed by atoms with Crippen molar-refractivity contribution in [1.29, 1.82) is 0 Å². The Labute approximate surface area is 138 Å². The lowest BCUT2D eigenvalue weighted by Gasteiger charge is -2.18. The van der Waals surface area contributed by atoms with Crippen LogP contribution in [0.5, 0.6) is 0 Å². The molecule has 0 saturated carbocycles. The number of fused-ring (bicyclic) bond motifs is 1. The van der Waals surface area contributed by atoms with Gasteiger partial charge in [-0.05, 0) is 23.1 Å². The van der Waals surface area contributed by atoms with Crippen LogP contribution in [-0.2, 0) is 20.0 Å². The molecule has 3 N–H and O–H groups in total. The fourth-order valence-electron chi connectivity index (χ4n) is 2.51. The van der Waals surface area contributed by atoms with Crippen LogP contribution < -0.4 is 0 Å². The van der Waals surface area contributed by atoms with Crippen LogP contribution >= 0.6 is 7.60 Å². The highest BCUT2D eigenvalue weighted by molar-refractivity contribution is 7.52. The topological polar surface area (TPSA) is 99.6 Å². The monoisotopic (exact) mass is 345 g/mol. The Kier molecular flexibility index (Phi) is 4.53. The van der Waals surface area contributed by atoms with E-state index < -0.39 is 19.7 Å². The van der Waals surface area contributed by atoms with E-state index in [-0.39, 0.29) is 6.16 Å². The number of aromatic amines is 1. The van der Waals surface area contributed by atoms with Crippen molar-refractivity contribution in [3.63, 3.8) is 0 Å². The molecule has 3 aromatic rings. The molecule has 1 aromatic heterocycles. The average Bonchev–Trinajstić information content (AvgIpc) is 2.94.